The molecular weight excluding hydrogens is 426 g/mol. The number of hydrogen-bond acceptors (Lipinski definition) is 8. The van der Waals surface area contributed by atoms with Crippen molar-refractivity contribution in [1.29, 1.82) is 0 Å². The number of nitrogens with zero attached hydrogens (tertiary/aromatic N) is 2. The summed E-state index contributed by atoms with van der Waals surface area (Å²) < 4.78 is 28.5. The van der Waals surface area contributed by atoms with E-state index in [0.29, 0.717) is 28.3 Å². The van der Waals surface area contributed by atoms with Crippen LogP contribution < -0.4 is 4.74 Å². The van der Waals surface area contributed by atoms with Gasteiger partial charge in [-0.2, -0.15) is 4.98 Å². The first-order valence-electron chi connectivity index (χ1n) is 7.38. The minimum atomic E-state index is -2.82. The first kappa shape index (κ1) is 20.9. The van der Waals surface area contributed by atoms with Crippen LogP contribution in [0.3, 0.4) is 0 Å². The second-order valence-electron chi connectivity index (χ2n) is 4.55. The fourth-order valence-electron chi connectivity index (χ4n) is 1.70. The van der Waals surface area contributed by atoms with E-state index in [1.807, 2.05) is 13.8 Å². The van der Waals surface area contributed by atoms with Gasteiger partial charge in [0, 0.05) is 21.4 Å². The van der Waals surface area contributed by atoms with E-state index in [-0.39, 0.29) is 18.4 Å². The Balaban J connectivity index is 1.90. The van der Waals surface area contributed by atoms with Crippen molar-refractivity contribution in [2.45, 2.75) is 26.2 Å². The monoisotopic (exact) mass is 442 g/mol. The maximum atomic E-state index is 12.5. The molecule has 0 bridgehead atoms. The summed E-state index contributed by atoms with van der Waals surface area (Å²) in [5.74, 6) is -1.52. The van der Waals surface area contributed by atoms with Crippen LogP contribution in [0.25, 0.3) is 0 Å². The van der Waals surface area contributed by atoms with Gasteiger partial charge >= 0.3 is 11.8 Å². The number of halogens is 2. The van der Waals surface area contributed by atoms with Gasteiger partial charge in [-0.15, -0.1) is 0 Å². The topological polar surface area (TPSA) is 74.5 Å². The number of ether oxygens (including phenoxy) is 1. The Hall–Kier alpha value is -0.370. The van der Waals surface area contributed by atoms with Crippen LogP contribution in [-0.2, 0) is 21.4 Å². The molecule has 1 atom stereocenters. The Morgan fingerprint density at radius 3 is 2.76 bits per heavy atom. The van der Waals surface area contributed by atoms with Gasteiger partial charge in [0.05, 0.1) is 12.4 Å². The number of hydrogen-bond donors (Lipinski definition) is 0. The smallest absolute Gasteiger partial charge is 0.354 e. The van der Waals surface area contributed by atoms with Crippen LogP contribution in [0.1, 0.15) is 25.3 Å². The van der Waals surface area contributed by atoms with Crippen molar-refractivity contribution < 1.29 is 18.3 Å². The summed E-state index contributed by atoms with van der Waals surface area (Å²) in [5.41, 5.74) is 0.756. The molecule has 25 heavy (non-hydrogen) atoms. The molecule has 138 valence electrons. The molecule has 2 rings (SSSR count). The summed E-state index contributed by atoms with van der Waals surface area (Å²) in [7, 11) is 0. The quantitative estimate of drug-likeness (QED) is 0.409. The van der Waals surface area contributed by atoms with Crippen molar-refractivity contribution >= 4 is 51.7 Å². The molecule has 1 aromatic carbocycles. The molecule has 0 saturated carbocycles. The fourth-order valence-corrected chi connectivity index (χ4v) is 8.56. The summed E-state index contributed by atoms with van der Waals surface area (Å²) in [4.78, 5) is 4.12. The molecule has 0 radical (unpaired) electrons. The van der Waals surface area contributed by atoms with Gasteiger partial charge in [-0.1, -0.05) is 47.6 Å². The van der Waals surface area contributed by atoms with E-state index in [1.54, 1.807) is 18.2 Å². The van der Waals surface area contributed by atoms with E-state index in [9.17, 15) is 4.57 Å². The normalized spacial score (nSPS) is 13.6. The maximum Gasteiger partial charge on any atom is 0.354 e. The lowest BCUT2D eigenvalue weighted by Gasteiger charge is -2.13. The summed E-state index contributed by atoms with van der Waals surface area (Å²) >= 11 is 14.4. The van der Waals surface area contributed by atoms with Gasteiger partial charge in [-0.05, 0) is 35.6 Å². The SMILES string of the molecule is CCO[P@@](=O)(SCC)SCc1nc(OCc2ccc(Cl)cc2Cl)no1. The first-order chi connectivity index (χ1) is 12.0. The molecule has 2 aromatic rings. The number of aromatic nitrogens is 2. The first-order valence-corrected chi connectivity index (χ1v) is 12.9. The van der Waals surface area contributed by atoms with E-state index < -0.39 is 5.77 Å². The average molecular weight is 443 g/mol. The lowest BCUT2D eigenvalue weighted by Crippen LogP contribution is -1.97. The molecule has 0 saturated heterocycles. The van der Waals surface area contributed by atoms with Gasteiger partial charge in [-0.25, -0.2) is 0 Å². The fraction of sp³-hybridized carbons (Fsp3) is 0.429. The van der Waals surface area contributed by atoms with Crippen LogP contribution >= 0.6 is 51.7 Å². The summed E-state index contributed by atoms with van der Waals surface area (Å²) in [5, 5.41) is 4.80. The largest absolute Gasteiger partial charge is 0.457 e. The molecule has 0 spiro atoms. The zero-order valence-electron chi connectivity index (χ0n) is 13.6. The molecule has 0 aliphatic carbocycles. The molecule has 6 nitrogen and oxygen atoms in total. The lowest BCUT2D eigenvalue weighted by molar-refractivity contribution is 0.262. The molecule has 1 heterocycles. The highest BCUT2D eigenvalue weighted by Gasteiger charge is 2.25. The van der Waals surface area contributed by atoms with Gasteiger partial charge < -0.3 is 13.8 Å². The highest BCUT2D eigenvalue weighted by molar-refractivity contribution is 8.89. The molecule has 0 aliphatic rings. The van der Waals surface area contributed by atoms with Crippen molar-refractivity contribution in [3.05, 3.63) is 39.7 Å². The van der Waals surface area contributed by atoms with E-state index in [1.165, 1.54) is 22.8 Å². The van der Waals surface area contributed by atoms with Crippen molar-refractivity contribution in [3.63, 3.8) is 0 Å². The van der Waals surface area contributed by atoms with Gasteiger partial charge in [0.1, 0.15) is 6.61 Å². The van der Waals surface area contributed by atoms with E-state index in [0.717, 1.165) is 5.56 Å². The lowest BCUT2D eigenvalue weighted by atomic mass is 10.2. The summed E-state index contributed by atoms with van der Waals surface area (Å²) in [6.45, 7) is 4.31. The third kappa shape index (κ3) is 6.70. The van der Waals surface area contributed by atoms with Gasteiger partial charge in [0.25, 0.3) is 0 Å². The summed E-state index contributed by atoms with van der Waals surface area (Å²) in [6.07, 6.45) is 0. The molecule has 11 heteroatoms. The summed E-state index contributed by atoms with van der Waals surface area (Å²) in [6, 6.07) is 5.22. The molecule has 1 aromatic heterocycles. The highest BCUT2D eigenvalue weighted by Crippen LogP contribution is 2.70. The van der Waals surface area contributed by atoms with Gasteiger partial charge in [-0.3, -0.25) is 4.57 Å². The predicted molar refractivity (Wildman–Crippen MR) is 104 cm³/mol. The molecule has 0 unspecified atom stereocenters. The van der Waals surface area contributed by atoms with Crippen molar-refractivity contribution in [1.82, 2.24) is 10.1 Å². The van der Waals surface area contributed by atoms with Crippen LogP contribution in [0.2, 0.25) is 10.0 Å². The Bertz CT molecular complexity index is 737. The van der Waals surface area contributed by atoms with E-state index >= 15 is 0 Å². The Morgan fingerprint density at radius 1 is 1.28 bits per heavy atom. The van der Waals surface area contributed by atoms with Crippen LogP contribution in [0.15, 0.2) is 22.7 Å². The van der Waals surface area contributed by atoms with Crippen molar-refractivity contribution in [2.24, 2.45) is 0 Å². The van der Waals surface area contributed by atoms with Crippen LogP contribution in [-0.4, -0.2) is 22.5 Å². The number of benzene rings is 1. The van der Waals surface area contributed by atoms with Gasteiger partial charge in [0.15, 0.2) is 0 Å². The van der Waals surface area contributed by atoms with Crippen LogP contribution in [0.4, 0.5) is 0 Å². The molecule has 0 amide bonds. The van der Waals surface area contributed by atoms with Crippen molar-refractivity contribution in [3.8, 4) is 6.01 Å². The number of rotatable bonds is 10. The second-order valence-corrected chi connectivity index (χ2v) is 13.1. The maximum absolute atomic E-state index is 12.5. The molecular formula is C14H17Cl2N2O4PS2. The minimum absolute atomic E-state index is 0.0935. The Morgan fingerprint density at radius 2 is 2.08 bits per heavy atom. The third-order valence-corrected chi connectivity index (χ3v) is 10.8. The van der Waals surface area contributed by atoms with Crippen molar-refractivity contribution in [2.75, 3.05) is 12.4 Å². The minimum Gasteiger partial charge on any atom is -0.457 e. The molecule has 0 aliphatic heterocycles. The zero-order chi connectivity index (χ0) is 18.3. The van der Waals surface area contributed by atoms with Crippen LogP contribution in [0, 0.1) is 0 Å². The van der Waals surface area contributed by atoms with E-state index in [4.69, 9.17) is 37.0 Å². The highest BCUT2D eigenvalue weighted by atomic mass is 35.5. The molecule has 0 N–H and O–H groups in total. The van der Waals surface area contributed by atoms with E-state index in [2.05, 4.69) is 10.1 Å². The van der Waals surface area contributed by atoms with Gasteiger partial charge in [0.2, 0.25) is 5.89 Å². The predicted octanol–water partition coefficient (Wildman–Crippen LogP) is 6.09. The Kier molecular flexibility index (Phi) is 8.45. The van der Waals surface area contributed by atoms with Crippen LogP contribution in [0.5, 0.6) is 6.01 Å². The second kappa shape index (κ2) is 10.1. The standard InChI is InChI=1S/C14H17Cl2N2O4PS2/c1-3-21-23(19,24-4-2)25-9-13-17-14(18-22-13)20-8-10-5-6-11(15)7-12(10)16/h5-7H,3-4,8-9H2,1-2H3/t23-/m0/s1. The average Bonchev–Trinajstić information content (AvgIpc) is 3.01. The molecule has 0 fully saturated rings. The third-order valence-electron chi connectivity index (χ3n) is 2.74. The Labute approximate surface area is 164 Å². The zero-order valence-corrected chi connectivity index (χ0v) is 17.6.